The van der Waals surface area contributed by atoms with Crippen molar-refractivity contribution in [3.05, 3.63) is 53.1 Å². The average Bonchev–Trinajstić information content (AvgIpc) is 3.41. The standard InChI is InChI=1S/C21H24ClN5O3S/c1-2-11-26-19-10-9-16(13-18(19)24-25-26)31(29,30)27-12-5-8-20(27)21(28)23-14-15-6-3-4-7-17(15)22/h3-4,6-7,9-10,13,20H,2,5,8,11-12,14H2,1H3,(H,23,28)/t20-/m1/s1. The maximum absolute atomic E-state index is 13.3. The van der Waals surface area contributed by atoms with Crippen molar-refractivity contribution in [3.8, 4) is 0 Å². The van der Waals surface area contributed by atoms with E-state index in [0.717, 1.165) is 17.5 Å². The molecule has 0 spiro atoms. The molecule has 1 amide bonds. The molecule has 1 atom stereocenters. The first kappa shape index (κ1) is 21.7. The second-order valence-electron chi connectivity index (χ2n) is 7.55. The number of aromatic nitrogens is 3. The quantitative estimate of drug-likeness (QED) is 0.583. The van der Waals surface area contributed by atoms with Gasteiger partial charge in [0.05, 0.1) is 10.4 Å². The van der Waals surface area contributed by atoms with E-state index in [2.05, 4.69) is 15.6 Å². The third-order valence-corrected chi connectivity index (χ3v) is 7.72. The molecule has 4 rings (SSSR count). The van der Waals surface area contributed by atoms with Crippen LogP contribution in [0.1, 0.15) is 31.7 Å². The van der Waals surface area contributed by atoms with Gasteiger partial charge in [-0.3, -0.25) is 4.79 Å². The van der Waals surface area contributed by atoms with Crippen LogP contribution in [-0.4, -0.2) is 46.2 Å². The smallest absolute Gasteiger partial charge is 0.243 e. The molecule has 0 bridgehead atoms. The zero-order valence-corrected chi connectivity index (χ0v) is 18.7. The maximum Gasteiger partial charge on any atom is 0.243 e. The van der Waals surface area contributed by atoms with Crippen LogP contribution in [0.2, 0.25) is 5.02 Å². The molecule has 3 aromatic rings. The van der Waals surface area contributed by atoms with Gasteiger partial charge in [-0.1, -0.05) is 41.9 Å². The van der Waals surface area contributed by atoms with Gasteiger partial charge < -0.3 is 5.32 Å². The molecule has 1 saturated heterocycles. The highest BCUT2D eigenvalue weighted by atomic mass is 35.5. The SMILES string of the molecule is CCCn1nnc2cc(S(=O)(=O)N3CCC[C@@H]3C(=O)NCc3ccccc3Cl)ccc21. The summed E-state index contributed by atoms with van der Waals surface area (Å²) in [6.45, 7) is 3.29. The number of hydrogen-bond donors (Lipinski definition) is 1. The number of hydrogen-bond acceptors (Lipinski definition) is 5. The van der Waals surface area contributed by atoms with Gasteiger partial charge in [-0.2, -0.15) is 4.31 Å². The number of benzene rings is 2. The average molecular weight is 462 g/mol. The minimum Gasteiger partial charge on any atom is -0.351 e. The van der Waals surface area contributed by atoms with Gasteiger partial charge in [0.25, 0.3) is 0 Å². The maximum atomic E-state index is 13.3. The van der Waals surface area contributed by atoms with E-state index in [1.165, 1.54) is 10.4 Å². The van der Waals surface area contributed by atoms with Crippen molar-refractivity contribution in [1.82, 2.24) is 24.6 Å². The second-order valence-corrected chi connectivity index (χ2v) is 9.84. The van der Waals surface area contributed by atoms with Crippen molar-refractivity contribution in [2.75, 3.05) is 6.54 Å². The fraction of sp³-hybridized carbons (Fsp3) is 0.381. The summed E-state index contributed by atoms with van der Waals surface area (Å²) >= 11 is 6.15. The van der Waals surface area contributed by atoms with Crippen LogP contribution < -0.4 is 5.32 Å². The van der Waals surface area contributed by atoms with Crippen LogP contribution >= 0.6 is 11.6 Å². The molecule has 0 aliphatic carbocycles. The monoisotopic (exact) mass is 461 g/mol. The van der Waals surface area contributed by atoms with Gasteiger partial charge in [0.1, 0.15) is 11.6 Å². The summed E-state index contributed by atoms with van der Waals surface area (Å²) in [5.74, 6) is -0.323. The third-order valence-electron chi connectivity index (χ3n) is 5.44. The summed E-state index contributed by atoms with van der Waals surface area (Å²) in [6, 6.07) is 11.3. The summed E-state index contributed by atoms with van der Waals surface area (Å²) < 4.78 is 29.7. The Balaban J connectivity index is 1.53. The number of amides is 1. The Bertz CT molecular complexity index is 1210. The molecule has 1 aliphatic heterocycles. The Kier molecular flexibility index (Phi) is 6.27. The number of aryl methyl sites for hydroxylation is 1. The predicted octanol–water partition coefficient (Wildman–Crippen LogP) is 2.96. The first-order valence-electron chi connectivity index (χ1n) is 10.3. The lowest BCUT2D eigenvalue weighted by Gasteiger charge is -2.23. The topological polar surface area (TPSA) is 97.2 Å². The molecule has 2 aromatic carbocycles. The van der Waals surface area contributed by atoms with Gasteiger partial charge >= 0.3 is 0 Å². The number of sulfonamides is 1. The number of carbonyl (C=O) groups is 1. The Hall–Kier alpha value is -2.49. The number of halogens is 1. The predicted molar refractivity (Wildman–Crippen MR) is 118 cm³/mol. The van der Waals surface area contributed by atoms with Crippen LogP contribution in [0.15, 0.2) is 47.4 Å². The van der Waals surface area contributed by atoms with Crippen LogP contribution in [0.4, 0.5) is 0 Å². The summed E-state index contributed by atoms with van der Waals surface area (Å²) in [7, 11) is -3.85. The van der Waals surface area contributed by atoms with E-state index in [9.17, 15) is 13.2 Å². The molecule has 1 fully saturated rings. The molecule has 1 aromatic heterocycles. The van der Waals surface area contributed by atoms with Gasteiger partial charge in [-0.05, 0) is 49.1 Å². The van der Waals surface area contributed by atoms with Crippen molar-refractivity contribution in [1.29, 1.82) is 0 Å². The first-order chi connectivity index (χ1) is 14.9. The van der Waals surface area contributed by atoms with Crippen molar-refractivity contribution in [3.63, 3.8) is 0 Å². The first-order valence-corrected chi connectivity index (χ1v) is 12.1. The van der Waals surface area contributed by atoms with Gasteiger partial charge in [-0.25, -0.2) is 13.1 Å². The number of fused-ring (bicyclic) bond motifs is 1. The van der Waals surface area contributed by atoms with Crippen LogP contribution in [-0.2, 0) is 27.9 Å². The van der Waals surface area contributed by atoms with E-state index >= 15 is 0 Å². The van der Waals surface area contributed by atoms with Gasteiger partial charge in [0.15, 0.2) is 0 Å². The van der Waals surface area contributed by atoms with E-state index < -0.39 is 16.1 Å². The molecule has 8 nitrogen and oxygen atoms in total. The normalized spacial score (nSPS) is 17.3. The summed E-state index contributed by atoms with van der Waals surface area (Å²) in [5, 5.41) is 11.6. The van der Waals surface area contributed by atoms with Crippen molar-refractivity contribution >= 4 is 38.6 Å². The zero-order chi connectivity index (χ0) is 22.0. The summed E-state index contributed by atoms with van der Waals surface area (Å²) in [5.41, 5.74) is 2.09. The third kappa shape index (κ3) is 4.30. The molecular formula is C21H24ClN5O3S. The molecule has 0 unspecified atom stereocenters. The lowest BCUT2D eigenvalue weighted by Crippen LogP contribution is -2.45. The van der Waals surface area contributed by atoms with E-state index in [1.807, 2.05) is 25.1 Å². The van der Waals surface area contributed by atoms with Crippen molar-refractivity contribution in [2.24, 2.45) is 0 Å². The Morgan fingerprint density at radius 3 is 2.84 bits per heavy atom. The Labute approximate surface area is 186 Å². The van der Waals surface area contributed by atoms with E-state index in [1.54, 1.807) is 22.9 Å². The highest BCUT2D eigenvalue weighted by Gasteiger charge is 2.39. The molecule has 31 heavy (non-hydrogen) atoms. The number of nitrogens with one attached hydrogen (secondary N) is 1. The van der Waals surface area contributed by atoms with E-state index in [0.29, 0.717) is 36.5 Å². The number of nitrogens with zero attached hydrogens (tertiary/aromatic N) is 4. The lowest BCUT2D eigenvalue weighted by atomic mass is 10.2. The van der Waals surface area contributed by atoms with Gasteiger partial charge in [-0.15, -0.1) is 5.10 Å². The molecule has 10 heteroatoms. The fourth-order valence-corrected chi connectivity index (χ4v) is 5.74. The van der Waals surface area contributed by atoms with Crippen LogP contribution in [0, 0.1) is 0 Å². The van der Waals surface area contributed by atoms with Crippen LogP contribution in [0.5, 0.6) is 0 Å². The van der Waals surface area contributed by atoms with Crippen LogP contribution in [0.25, 0.3) is 11.0 Å². The largest absolute Gasteiger partial charge is 0.351 e. The minimum atomic E-state index is -3.85. The molecule has 164 valence electrons. The summed E-state index contributed by atoms with van der Waals surface area (Å²) in [6.07, 6.45) is 2.00. The lowest BCUT2D eigenvalue weighted by molar-refractivity contribution is -0.124. The Morgan fingerprint density at radius 2 is 2.06 bits per heavy atom. The van der Waals surface area contributed by atoms with Crippen molar-refractivity contribution < 1.29 is 13.2 Å². The number of rotatable bonds is 7. The minimum absolute atomic E-state index is 0.120. The van der Waals surface area contributed by atoms with Gasteiger partial charge in [0.2, 0.25) is 15.9 Å². The Morgan fingerprint density at radius 1 is 1.26 bits per heavy atom. The molecule has 2 heterocycles. The number of carbonyl (C=O) groups excluding carboxylic acids is 1. The van der Waals surface area contributed by atoms with Crippen molar-refractivity contribution in [2.45, 2.75) is 50.2 Å². The molecule has 1 N–H and O–H groups in total. The highest BCUT2D eigenvalue weighted by molar-refractivity contribution is 7.89. The highest BCUT2D eigenvalue weighted by Crippen LogP contribution is 2.28. The second kappa shape index (κ2) is 8.94. The van der Waals surface area contributed by atoms with E-state index in [-0.39, 0.29) is 17.3 Å². The van der Waals surface area contributed by atoms with Crippen LogP contribution in [0.3, 0.4) is 0 Å². The summed E-state index contributed by atoms with van der Waals surface area (Å²) in [4.78, 5) is 12.9. The molecular weight excluding hydrogens is 438 g/mol. The van der Waals surface area contributed by atoms with E-state index in [4.69, 9.17) is 11.6 Å². The zero-order valence-electron chi connectivity index (χ0n) is 17.2. The molecule has 0 radical (unpaired) electrons. The fourth-order valence-electron chi connectivity index (χ4n) is 3.86. The molecule has 1 aliphatic rings. The van der Waals surface area contributed by atoms with Gasteiger partial charge in [0, 0.05) is 24.7 Å². The molecule has 0 saturated carbocycles.